The molecule has 3 N–H and O–H groups in total. The molecule has 0 bridgehead atoms. The maximum atomic E-state index is 8.78. The lowest BCUT2D eigenvalue weighted by Crippen LogP contribution is -2.00. The summed E-state index contributed by atoms with van der Waals surface area (Å²) in [5.74, 6) is 0.382. The summed E-state index contributed by atoms with van der Waals surface area (Å²) in [6.07, 6.45) is 4.84. The number of fused-ring (bicyclic) bond motifs is 1. The second-order valence-corrected chi connectivity index (χ2v) is 3.54. The number of anilines is 1. The lowest BCUT2D eigenvalue weighted by atomic mass is 10.3. The summed E-state index contributed by atoms with van der Waals surface area (Å²) in [5, 5.41) is 8.78. The highest BCUT2D eigenvalue weighted by molar-refractivity contribution is 5.81. The Bertz CT molecular complexity index is 531. The van der Waals surface area contributed by atoms with E-state index in [4.69, 9.17) is 10.8 Å². The lowest BCUT2D eigenvalue weighted by molar-refractivity contribution is 0.341. The zero-order valence-corrected chi connectivity index (χ0v) is 8.96. The number of hydrogen-bond donors (Lipinski definition) is 2. The Labute approximate surface area is 92.5 Å². The van der Waals surface area contributed by atoms with Crippen LogP contribution < -0.4 is 5.73 Å². The van der Waals surface area contributed by atoms with Crippen molar-refractivity contribution in [3.05, 3.63) is 24.3 Å². The quantitative estimate of drug-likeness (QED) is 0.727. The Morgan fingerprint density at radius 1 is 1.50 bits per heavy atom. The molecule has 0 fully saturated rings. The van der Waals surface area contributed by atoms with Crippen molar-refractivity contribution < 1.29 is 5.11 Å². The van der Waals surface area contributed by atoms with Crippen molar-refractivity contribution in [1.29, 1.82) is 0 Å². The number of nitrogens with two attached hydrogens (primary N) is 1. The molecule has 0 aliphatic carbocycles. The van der Waals surface area contributed by atoms with E-state index in [1.54, 1.807) is 12.4 Å². The van der Waals surface area contributed by atoms with Gasteiger partial charge in [0.2, 0.25) is 0 Å². The van der Waals surface area contributed by atoms with E-state index in [1.807, 2.05) is 11.5 Å². The van der Waals surface area contributed by atoms with Crippen molar-refractivity contribution in [1.82, 2.24) is 19.5 Å². The van der Waals surface area contributed by atoms with Crippen LogP contribution in [-0.4, -0.2) is 31.2 Å². The first-order valence-electron chi connectivity index (χ1n) is 4.90. The van der Waals surface area contributed by atoms with Gasteiger partial charge in [-0.15, -0.1) is 0 Å². The SMILES string of the molecule is C/C(=C/CO)Cn1cnc2c(N)ncnc21. The topological polar surface area (TPSA) is 89.8 Å². The molecule has 0 unspecified atom stereocenters. The molecule has 0 aliphatic rings. The molecule has 2 aromatic heterocycles. The van der Waals surface area contributed by atoms with Crippen LogP contribution in [0.4, 0.5) is 5.82 Å². The van der Waals surface area contributed by atoms with Crippen LogP contribution >= 0.6 is 0 Å². The summed E-state index contributed by atoms with van der Waals surface area (Å²) in [6.45, 7) is 2.61. The molecular formula is C10H13N5O. The largest absolute Gasteiger partial charge is 0.392 e. The Morgan fingerprint density at radius 2 is 2.31 bits per heavy atom. The number of aromatic nitrogens is 4. The molecule has 16 heavy (non-hydrogen) atoms. The summed E-state index contributed by atoms with van der Waals surface area (Å²) in [5.41, 5.74) is 8.04. The maximum Gasteiger partial charge on any atom is 0.165 e. The zero-order valence-electron chi connectivity index (χ0n) is 8.96. The van der Waals surface area contributed by atoms with Crippen molar-refractivity contribution in [2.45, 2.75) is 13.5 Å². The Kier molecular flexibility index (Phi) is 2.82. The number of aliphatic hydroxyl groups is 1. The molecule has 0 aliphatic heterocycles. The fourth-order valence-corrected chi connectivity index (χ4v) is 1.50. The summed E-state index contributed by atoms with van der Waals surface area (Å²) in [7, 11) is 0. The zero-order chi connectivity index (χ0) is 11.5. The molecule has 0 amide bonds. The predicted molar refractivity (Wildman–Crippen MR) is 60.6 cm³/mol. The molecule has 2 aromatic rings. The number of allylic oxidation sites excluding steroid dienone is 1. The fraction of sp³-hybridized carbons (Fsp3) is 0.300. The van der Waals surface area contributed by atoms with Gasteiger partial charge in [0.05, 0.1) is 12.9 Å². The van der Waals surface area contributed by atoms with Gasteiger partial charge in [0.25, 0.3) is 0 Å². The molecule has 0 aromatic carbocycles. The van der Waals surface area contributed by atoms with Crippen LogP contribution in [0, 0.1) is 0 Å². The molecule has 0 saturated carbocycles. The second kappa shape index (κ2) is 4.28. The fourth-order valence-electron chi connectivity index (χ4n) is 1.50. The summed E-state index contributed by atoms with van der Waals surface area (Å²) in [6, 6.07) is 0. The summed E-state index contributed by atoms with van der Waals surface area (Å²) >= 11 is 0. The van der Waals surface area contributed by atoms with Gasteiger partial charge in [-0.2, -0.15) is 0 Å². The molecule has 6 nitrogen and oxygen atoms in total. The second-order valence-electron chi connectivity index (χ2n) is 3.54. The van der Waals surface area contributed by atoms with Crippen LogP contribution in [0.5, 0.6) is 0 Å². The third kappa shape index (κ3) is 1.87. The smallest absolute Gasteiger partial charge is 0.165 e. The minimum Gasteiger partial charge on any atom is -0.392 e. The Morgan fingerprint density at radius 3 is 3.06 bits per heavy atom. The monoisotopic (exact) mass is 219 g/mol. The van der Waals surface area contributed by atoms with Gasteiger partial charge in [0.15, 0.2) is 11.5 Å². The highest BCUT2D eigenvalue weighted by Gasteiger charge is 2.07. The van der Waals surface area contributed by atoms with E-state index in [2.05, 4.69) is 15.0 Å². The molecule has 0 radical (unpaired) electrons. The lowest BCUT2D eigenvalue weighted by Gasteiger charge is -2.03. The standard InChI is InChI=1S/C10H13N5O/c1-7(2-3-16)4-15-6-14-8-9(11)12-5-13-10(8)15/h2,5-6,16H,3-4H2,1H3,(H2,11,12,13)/b7-2-. The van der Waals surface area contributed by atoms with E-state index < -0.39 is 0 Å². The van der Waals surface area contributed by atoms with Gasteiger partial charge >= 0.3 is 0 Å². The summed E-state index contributed by atoms with van der Waals surface area (Å²) in [4.78, 5) is 12.2. The van der Waals surface area contributed by atoms with E-state index in [0.29, 0.717) is 23.5 Å². The van der Waals surface area contributed by atoms with Crippen molar-refractivity contribution >= 4 is 17.0 Å². The van der Waals surface area contributed by atoms with Gasteiger partial charge in [-0.3, -0.25) is 0 Å². The van der Waals surface area contributed by atoms with Gasteiger partial charge in [0.1, 0.15) is 11.8 Å². The average molecular weight is 219 g/mol. The van der Waals surface area contributed by atoms with Crippen molar-refractivity contribution in [2.75, 3.05) is 12.3 Å². The van der Waals surface area contributed by atoms with E-state index in [9.17, 15) is 0 Å². The third-order valence-corrected chi connectivity index (χ3v) is 2.29. The highest BCUT2D eigenvalue weighted by atomic mass is 16.2. The first kappa shape index (κ1) is 10.6. The first-order chi connectivity index (χ1) is 7.72. The maximum absolute atomic E-state index is 8.78. The molecule has 2 rings (SSSR count). The highest BCUT2D eigenvalue weighted by Crippen LogP contribution is 2.15. The van der Waals surface area contributed by atoms with E-state index in [1.165, 1.54) is 6.33 Å². The normalized spacial score (nSPS) is 12.2. The average Bonchev–Trinajstić information content (AvgIpc) is 2.64. The van der Waals surface area contributed by atoms with Gasteiger partial charge in [-0.1, -0.05) is 11.6 Å². The molecule has 6 heteroatoms. The number of nitrogen functional groups attached to an aromatic ring is 1. The van der Waals surface area contributed by atoms with Crippen molar-refractivity contribution in [3.63, 3.8) is 0 Å². The molecule has 2 heterocycles. The van der Waals surface area contributed by atoms with Crippen molar-refractivity contribution in [2.24, 2.45) is 0 Å². The number of nitrogens with zero attached hydrogens (tertiary/aromatic N) is 4. The Balaban J connectivity index is 2.39. The predicted octanol–water partition coefficient (Wildman–Crippen LogP) is 0.347. The van der Waals surface area contributed by atoms with Crippen LogP contribution in [0.2, 0.25) is 0 Å². The van der Waals surface area contributed by atoms with Crippen LogP contribution in [0.3, 0.4) is 0 Å². The van der Waals surface area contributed by atoms with Gasteiger partial charge in [0, 0.05) is 6.54 Å². The minimum atomic E-state index is 0.0373. The molecule has 0 spiro atoms. The van der Waals surface area contributed by atoms with Crippen molar-refractivity contribution in [3.8, 4) is 0 Å². The van der Waals surface area contributed by atoms with Crippen LogP contribution in [0.25, 0.3) is 11.2 Å². The van der Waals surface area contributed by atoms with E-state index in [-0.39, 0.29) is 6.61 Å². The summed E-state index contributed by atoms with van der Waals surface area (Å²) < 4.78 is 1.87. The number of hydrogen-bond acceptors (Lipinski definition) is 5. The number of aliphatic hydroxyl groups excluding tert-OH is 1. The van der Waals surface area contributed by atoms with E-state index in [0.717, 1.165) is 5.57 Å². The third-order valence-electron chi connectivity index (χ3n) is 2.29. The molecule has 84 valence electrons. The number of rotatable bonds is 3. The first-order valence-corrected chi connectivity index (χ1v) is 4.90. The van der Waals surface area contributed by atoms with Crippen LogP contribution in [0.15, 0.2) is 24.3 Å². The van der Waals surface area contributed by atoms with Crippen LogP contribution in [0.1, 0.15) is 6.92 Å². The molecule has 0 atom stereocenters. The molecular weight excluding hydrogens is 206 g/mol. The van der Waals surface area contributed by atoms with Gasteiger partial charge < -0.3 is 15.4 Å². The van der Waals surface area contributed by atoms with Crippen LogP contribution in [-0.2, 0) is 6.54 Å². The number of imidazole rings is 1. The van der Waals surface area contributed by atoms with Gasteiger partial charge in [-0.25, -0.2) is 15.0 Å². The Hall–Kier alpha value is -1.95. The minimum absolute atomic E-state index is 0.0373. The molecule has 0 saturated heterocycles. The van der Waals surface area contributed by atoms with Gasteiger partial charge in [-0.05, 0) is 6.92 Å². The van der Waals surface area contributed by atoms with E-state index >= 15 is 0 Å².